The van der Waals surface area contributed by atoms with E-state index in [2.05, 4.69) is 48.8 Å². The number of benzene rings is 2. The van der Waals surface area contributed by atoms with Crippen LogP contribution in [-0.2, 0) is 24.4 Å². The Labute approximate surface area is 166 Å². The molecule has 3 aromatic rings. The number of carbonyl (C=O) groups excluding carboxylic acids is 1. The highest BCUT2D eigenvalue weighted by Crippen LogP contribution is 2.34. The Morgan fingerprint density at radius 3 is 1.93 bits per heavy atom. The van der Waals surface area contributed by atoms with E-state index in [1.165, 1.54) is 11.1 Å². The second-order valence-corrected chi connectivity index (χ2v) is 13.2. The van der Waals surface area contributed by atoms with Crippen LogP contribution in [0.1, 0.15) is 27.0 Å². The van der Waals surface area contributed by atoms with Gasteiger partial charge in [0.2, 0.25) is 5.88 Å². The number of esters is 1. The Morgan fingerprint density at radius 2 is 1.43 bits per heavy atom. The Morgan fingerprint density at radius 1 is 0.893 bits per heavy atom. The molecule has 1 aromatic heterocycles. The average molecular weight is 392 g/mol. The smallest absolute Gasteiger partial charge is 0.344 e. The normalized spacial score (nSPS) is 13.3. The van der Waals surface area contributed by atoms with Gasteiger partial charge < -0.3 is 14.1 Å². The van der Waals surface area contributed by atoms with Crippen molar-refractivity contribution < 1.29 is 13.9 Å². The first kappa shape index (κ1) is 18.6. The summed E-state index contributed by atoms with van der Waals surface area (Å²) in [6.45, 7) is 8.34. The molecule has 4 nitrogen and oxygen atoms in total. The standard InChI is InChI=1S/C23H25NO3Si/c1-28(2,3)23-19-16-26-22(25)20(19)21(27-23)24(14-17-10-6-4-7-11-17)15-18-12-8-5-9-13-18/h4-13H,14-16H2,1-3H3. The SMILES string of the molecule is C[Si](C)(C)c1oc(N(Cc2ccccc2)Cc2ccccc2)c2c1COC2=O. The van der Waals surface area contributed by atoms with Crippen molar-refractivity contribution in [3.8, 4) is 0 Å². The number of cyclic esters (lactones) is 1. The van der Waals surface area contributed by atoms with Crippen LogP contribution in [0, 0.1) is 0 Å². The van der Waals surface area contributed by atoms with Crippen LogP contribution in [-0.4, -0.2) is 14.0 Å². The van der Waals surface area contributed by atoms with Crippen LogP contribution in [0.15, 0.2) is 65.1 Å². The van der Waals surface area contributed by atoms with Gasteiger partial charge in [-0.3, -0.25) is 0 Å². The van der Waals surface area contributed by atoms with Gasteiger partial charge in [-0.1, -0.05) is 80.3 Å². The van der Waals surface area contributed by atoms with Gasteiger partial charge >= 0.3 is 5.97 Å². The first-order valence-electron chi connectivity index (χ1n) is 9.59. The number of anilines is 1. The van der Waals surface area contributed by atoms with Crippen LogP contribution >= 0.6 is 0 Å². The zero-order chi connectivity index (χ0) is 19.7. The summed E-state index contributed by atoms with van der Waals surface area (Å²) in [5.41, 5.74) is 3.91. The van der Waals surface area contributed by atoms with Crippen LogP contribution < -0.4 is 10.3 Å². The molecular weight excluding hydrogens is 366 g/mol. The minimum atomic E-state index is -1.75. The molecule has 28 heavy (non-hydrogen) atoms. The van der Waals surface area contributed by atoms with E-state index in [9.17, 15) is 4.79 Å². The molecule has 0 saturated heterocycles. The Balaban J connectivity index is 1.79. The van der Waals surface area contributed by atoms with Crippen molar-refractivity contribution in [1.29, 1.82) is 0 Å². The monoisotopic (exact) mass is 391 g/mol. The van der Waals surface area contributed by atoms with Crippen LogP contribution in [0.3, 0.4) is 0 Å². The van der Waals surface area contributed by atoms with E-state index >= 15 is 0 Å². The minimum Gasteiger partial charge on any atom is -0.457 e. The third-order valence-corrected chi connectivity index (χ3v) is 6.71. The highest BCUT2D eigenvalue weighted by atomic mass is 28.3. The second-order valence-electron chi connectivity index (χ2n) is 8.24. The molecule has 144 valence electrons. The molecule has 5 heteroatoms. The first-order chi connectivity index (χ1) is 13.4. The summed E-state index contributed by atoms with van der Waals surface area (Å²) in [5, 5.41) is 0.967. The Kier molecular flexibility index (Phi) is 4.85. The molecule has 4 rings (SSSR count). The van der Waals surface area contributed by atoms with Crippen LogP contribution in [0.2, 0.25) is 19.6 Å². The third kappa shape index (κ3) is 3.62. The predicted octanol–water partition coefficient (Wildman–Crippen LogP) is 4.70. The molecule has 0 bridgehead atoms. The third-order valence-electron chi connectivity index (χ3n) is 4.94. The molecule has 0 fully saturated rings. The van der Waals surface area contributed by atoms with Gasteiger partial charge in [0.05, 0.1) is 5.38 Å². The minimum absolute atomic E-state index is 0.274. The van der Waals surface area contributed by atoms with E-state index < -0.39 is 8.07 Å². The summed E-state index contributed by atoms with van der Waals surface area (Å²) in [4.78, 5) is 14.7. The number of fused-ring (bicyclic) bond motifs is 1. The number of rotatable bonds is 6. The predicted molar refractivity (Wildman–Crippen MR) is 114 cm³/mol. The molecule has 0 amide bonds. The lowest BCUT2D eigenvalue weighted by molar-refractivity contribution is 0.0532. The maximum Gasteiger partial charge on any atom is 0.344 e. The van der Waals surface area contributed by atoms with Crippen molar-refractivity contribution in [1.82, 2.24) is 0 Å². The summed E-state index contributed by atoms with van der Waals surface area (Å²) in [7, 11) is -1.75. The van der Waals surface area contributed by atoms with E-state index in [1.807, 2.05) is 36.4 Å². The van der Waals surface area contributed by atoms with Gasteiger partial charge in [-0.25, -0.2) is 4.79 Å². The van der Waals surface area contributed by atoms with E-state index in [4.69, 9.17) is 9.15 Å². The fourth-order valence-electron chi connectivity index (χ4n) is 3.65. The second kappa shape index (κ2) is 7.32. The van der Waals surface area contributed by atoms with Crippen LogP contribution in [0.25, 0.3) is 0 Å². The average Bonchev–Trinajstić information content (AvgIpc) is 3.24. The summed E-state index contributed by atoms with van der Waals surface area (Å²) < 4.78 is 11.8. The fraction of sp³-hybridized carbons (Fsp3) is 0.261. The van der Waals surface area contributed by atoms with Gasteiger partial charge in [0.1, 0.15) is 20.2 Å². The summed E-state index contributed by atoms with van der Waals surface area (Å²) >= 11 is 0. The van der Waals surface area contributed by atoms with Crippen LogP contribution in [0.4, 0.5) is 5.88 Å². The molecule has 0 atom stereocenters. The van der Waals surface area contributed by atoms with E-state index in [0.29, 0.717) is 31.1 Å². The molecule has 0 radical (unpaired) electrons. The van der Waals surface area contributed by atoms with Crippen molar-refractivity contribution in [2.75, 3.05) is 4.90 Å². The molecule has 0 spiro atoms. The fourth-order valence-corrected chi connectivity index (χ4v) is 5.15. The largest absolute Gasteiger partial charge is 0.457 e. The zero-order valence-corrected chi connectivity index (χ0v) is 17.6. The summed E-state index contributed by atoms with van der Waals surface area (Å²) in [5.74, 6) is 0.368. The van der Waals surface area contributed by atoms with Crippen molar-refractivity contribution >= 4 is 25.3 Å². The lowest BCUT2D eigenvalue weighted by Crippen LogP contribution is -2.38. The number of nitrogens with zero attached hydrogens (tertiary/aromatic N) is 1. The maximum absolute atomic E-state index is 12.5. The number of hydrogen-bond donors (Lipinski definition) is 0. The zero-order valence-electron chi connectivity index (χ0n) is 16.6. The number of furan rings is 1. The van der Waals surface area contributed by atoms with Gasteiger partial charge in [0.25, 0.3) is 0 Å². The molecule has 1 aliphatic heterocycles. The number of hydrogen-bond acceptors (Lipinski definition) is 4. The molecule has 0 unspecified atom stereocenters. The first-order valence-corrected chi connectivity index (χ1v) is 13.1. The topological polar surface area (TPSA) is 42.7 Å². The molecule has 1 aliphatic rings. The van der Waals surface area contributed by atoms with Gasteiger partial charge in [-0.2, -0.15) is 0 Å². The Hall–Kier alpha value is -2.79. The lowest BCUT2D eigenvalue weighted by Gasteiger charge is -2.24. The molecular formula is C23H25NO3Si. The quantitative estimate of drug-likeness (QED) is 0.451. The summed E-state index contributed by atoms with van der Waals surface area (Å²) in [6.07, 6.45) is 0. The molecule has 0 saturated carbocycles. The number of ether oxygens (including phenoxy) is 1. The molecule has 2 heterocycles. The highest BCUT2D eigenvalue weighted by molar-refractivity contribution is 6.88. The van der Waals surface area contributed by atoms with Crippen molar-refractivity contribution in [2.24, 2.45) is 0 Å². The van der Waals surface area contributed by atoms with E-state index in [0.717, 1.165) is 10.9 Å². The maximum atomic E-state index is 12.5. The van der Waals surface area contributed by atoms with E-state index in [1.54, 1.807) is 0 Å². The van der Waals surface area contributed by atoms with Crippen molar-refractivity contribution in [3.05, 3.63) is 82.9 Å². The number of carbonyl (C=O) groups is 1. The highest BCUT2D eigenvalue weighted by Gasteiger charge is 2.39. The molecule has 2 aromatic carbocycles. The van der Waals surface area contributed by atoms with Gasteiger partial charge in [-0.05, 0) is 11.1 Å². The Bertz CT molecular complexity index is 933. The van der Waals surface area contributed by atoms with Crippen molar-refractivity contribution in [2.45, 2.75) is 39.3 Å². The summed E-state index contributed by atoms with van der Waals surface area (Å²) in [6, 6.07) is 20.5. The van der Waals surface area contributed by atoms with Gasteiger partial charge in [0, 0.05) is 18.7 Å². The molecule has 0 N–H and O–H groups in total. The van der Waals surface area contributed by atoms with Gasteiger partial charge in [-0.15, -0.1) is 0 Å². The van der Waals surface area contributed by atoms with Gasteiger partial charge in [0.15, 0.2) is 0 Å². The van der Waals surface area contributed by atoms with Crippen molar-refractivity contribution in [3.63, 3.8) is 0 Å². The van der Waals surface area contributed by atoms with Crippen LogP contribution in [0.5, 0.6) is 0 Å². The molecule has 0 aliphatic carbocycles. The lowest BCUT2D eigenvalue weighted by atomic mass is 10.1. The van der Waals surface area contributed by atoms with E-state index in [-0.39, 0.29) is 5.97 Å².